The summed E-state index contributed by atoms with van der Waals surface area (Å²) in [5, 5.41) is 12.6. The summed E-state index contributed by atoms with van der Waals surface area (Å²) in [6.07, 6.45) is 8.38. The highest BCUT2D eigenvalue weighted by molar-refractivity contribution is 5.88. The van der Waals surface area contributed by atoms with Gasteiger partial charge in [-0.15, -0.1) is 0 Å². The van der Waals surface area contributed by atoms with Crippen LogP contribution in [-0.4, -0.2) is 73.4 Å². The van der Waals surface area contributed by atoms with Crippen LogP contribution in [-0.2, 0) is 9.53 Å². The maximum Gasteiger partial charge on any atom is 0.335 e. The number of hydrogen-bond acceptors (Lipinski definition) is 5. The highest BCUT2D eigenvalue weighted by Gasteiger charge is 2.32. The molecule has 1 saturated carbocycles. The van der Waals surface area contributed by atoms with Crippen LogP contribution in [0.2, 0.25) is 0 Å². The Labute approximate surface area is 198 Å². The van der Waals surface area contributed by atoms with Crippen molar-refractivity contribution >= 4 is 17.6 Å². The van der Waals surface area contributed by atoms with Crippen molar-refractivity contribution in [2.45, 2.75) is 70.9 Å². The van der Waals surface area contributed by atoms with Gasteiger partial charge in [-0.3, -0.25) is 4.79 Å². The van der Waals surface area contributed by atoms with E-state index in [4.69, 9.17) is 9.84 Å². The number of rotatable bonds is 11. The van der Waals surface area contributed by atoms with E-state index in [9.17, 15) is 9.59 Å². The first kappa shape index (κ1) is 25.5. The second kappa shape index (κ2) is 12.9. The fraction of sp³-hybridized carbons (Fsp3) is 0.692. The first-order valence-electron chi connectivity index (χ1n) is 12.7. The number of aromatic carboxylic acids is 1. The summed E-state index contributed by atoms with van der Waals surface area (Å²) in [4.78, 5) is 28.7. The number of carbonyl (C=O) groups excluding carboxylic acids is 1. The number of nitrogens with zero attached hydrogens (tertiary/aromatic N) is 2. The van der Waals surface area contributed by atoms with Gasteiger partial charge in [0.25, 0.3) is 0 Å². The predicted molar refractivity (Wildman–Crippen MR) is 131 cm³/mol. The van der Waals surface area contributed by atoms with Crippen LogP contribution >= 0.6 is 0 Å². The van der Waals surface area contributed by atoms with Gasteiger partial charge in [0, 0.05) is 38.5 Å². The van der Waals surface area contributed by atoms with Crippen molar-refractivity contribution < 1.29 is 19.4 Å². The number of piperazine rings is 1. The lowest BCUT2D eigenvalue weighted by molar-refractivity contribution is -0.138. The van der Waals surface area contributed by atoms with E-state index >= 15 is 0 Å². The summed E-state index contributed by atoms with van der Waals surface area (Å²) in [6, 6.07) is 6.64. The normalized spacial score (nSPS) is 19.3. The number of amides is 1. The number of carboxylic acids is 1. The first-order chi connectivity index (χ1) is 16.0. The Bertz CT molecular complexity index is 740. The van der Waals surface area contributed by atoms with Gasteiger partial charge in [0.05, 0.1) is 11.7 Å². The monoisotopic (exact) mass is 459 g/mol. The molecule has 2 atom stereocenters. The summed E-state index contributed by atoms with van der Waals surface area (Å²) in [6.45, 7) is 8.53. The molecule has 0 bridgehead atoms. The summed E-state index contributed by atoms with van der Waals surface area (Å²) >= 11 is 0. The average molecular weight is 460 g/mol. The molecule has 184 valence electrons. The van der Waals surface area contributed by atoms with Crippen LogP contribution in [0.4, 0.5) is 5.69 Å². The first-order valence-corrected chi connectivity index (χ1v) is 12.7. The van der Waals surface area contributed by atoms with E-state index in [0.717, 1.165) is 44.8 Å². The molecule has 0 spiro atoms. The molecule has 2 fully saturated rings. The number of benzene rings is 1. The lowest BCUT2D eigenvalue weighted by atomic mass is 9.90. The Morgan fingerprint density at radius 3 is 2.36 bits per heavy atom. The third-order valence-electron chi connectivity index (χ3n) is 7.02. The summed E-state index contributed by atoms with van der Waals surface area (Å²) in [5.41, 5.74) is 1.28. The van der Waals surface area contributed by atoms with Crippen molar-refractivity contribution in [3.05, 3.63) is 29.8 Å². The van der Waals surface area contributed by atoms with E-state index in [2.05, 4.69) is 17.1 Å². The highest BCUT2D eigenvalue weighted by atomic mass is 16.5. The van der Waals surface area contributed by atoms with Crippen LogP contribution < -0.4 is 10.2 Å². The number of carbonyl (C=O) groups is 2. The smallest absolute Gasteiger partial charge is 0.335 e. The molecule has 7 heteroatoms. The Morgan fingerprint density at radius 1 is 1.09 bits per heavy atom. The predicted octanol–water partition coefficient (Wildman–Crippen LogP) is 3.78. The molecular formula is C26H41N3O4. The van der Waals surface area contributed by atoms with E-state index in [1.807, 2.05) is 24.0 Å². The van der Waals surface area contributed by atoms with Crippen LogP contribution in [0.5, 0.6) is 0 Å². The molecule has 3 rings (SSSR count). The van der Waals surface area contributed by atoms with E-state index in [1.54, 1.807) is 12.1 Å². The zero-order valence-electron chi connectivity index (χ0n) is 20.3. The third-order valence-corrected chi connectivity index (χ3v) is 7.02. The van der Waals surface area contributed by atoms with E-state index in [-0.39, 0.29) is 23.6 Å². The van der Waals surface area contributed by atoms with Crippen molar-refractivity contribution in [3.63, 3.8) is 0 Å². The molecule has 1 saturated heterocycles. The Kier molecular flexibility index (Phi) is 10.0. The Hall–Kier alpha value is -2.12. The standard InChI is InChI=1S/C26H41N3O4/c1-3-4-14-27-24(20(2)33-19-21-8-6-5-7-9-21)25(30)29-17-15-28(16-18-29)23-12-10-22(11-13-23)26(31)32/h10-13,20-21,24,27H,3-9,14-19H2,1-2H3,(H,31,32)/t20-,24?/m1/s1. The lowest BCUT2D eigenvalue weighted by Crippen LogP contribution is -2.57. The maximum atomic E-state index is 13.4. The van der Waals surface area contributed by atoms with Crippen molar-refractivity contribution in [2.75, 3.05) is 44.2 Å². The fourth-order valence-corrected chi connectivity index (χ4v) is 4.82. The highest BCUT2D eigenvalue weighted by Crippen LogP contribution is 2.24. The largest absolute Gasteiger partial charge is 0.478 e. The second-order valence-corrected chi connectivity index (χ2v) is 9.49. The second-order valence-electron chi connectivity index (χ2n) is 9.49. The van der Waals surface area contributed by atoms with Crippen molar-refractivity contribution in [1.29, 1.82) is 0 Å². The fourth-order valence-electron chi connectivity index (χ4n) is 4.82. The van der Waals surface area contributed by atoms with Crippen LogP contribution in [0.25, 0.3) is 0 Å². The number of hydrogen-bond donors (Lipinski definition) is 2. The minimum atomic E-state index is -0.918. The molecular weight excluding hydrogens is 418 g/mol. The van der Waals surface area contributed by atoms with Gasteiger partial charge in [0.1, 0.15) is 6.04 Å². The number of carboxylic acid groups (broad SMARTS) is 1. The minimum Gasteiger partial charge on any atom is -0.478 e. The average Bonchev–Trinajstić information content (AvgIpc) is 2.85. The van der Waals surface area contributed by atoms with E-state index < -0.39 is 5.97 Å². The Morgan fingerprint density at radius 2 is 1.76 bits per heavy atom. The molecule has 0 radical (unpaired) electrons. The van der Waals surface area contributed by atoms with Gasteiger partial charge in [-0.2, -0.15) is 0 Å². The number of anilines is 1. The SMILES string of the molecule is CCCCNC(C(=O)N1CCN(c2ccc(C(=O)O)cc2)CC1)[C@@H](C)OCC1CCCCC1. The van der Waals surface area contributed by atoms with E-state index in [1.165, 1.54) is 32.1 Å². The van der Waals surface area contributed by atoms with Crippen LogP contribution in [0.3, 0.4) is 0 Å². The summed E-state index contributed by atoms with van der Waals surface area (Å²) < 4.78 is 6.24. The minimum absolute atomic E-state index is 0.128. The molecule has 1 amide bonds. The molecule has 1 aliphatic carbocycles. The summed E-state index contributed by atoms with van der Waals surface area (Å²) in [7, 11) is 0. The van der Waals surface area contributed by atoms with Gasteiger partial charge in [-0.05, 0) is 62.9 Å². The van der Waals surface area contributed by atoms with Gasteiger partial charge in [-0.25, -0.2) is 4.79 Å². The lowest BCUT2D eigenvalue weighted by Gasteiger charge is -2.39. The topological polar surface area (TPSA) is 82.1 Å². The molecule has 2 N–H and O–H groups in total. The Balaban J connectivity index is 1.54. The molecule has 1 unspecified atom stereocenters. The van der Waals surface area contributed by atoms with Gasteiger partial charge in [0.15, 0.2) is 0 Å². The quantitative estimate of drug-likeness (QED) is 0.490. The van der Waals surface area contributed by atoms with Gasteiger partial charge in [0.2, 0.25) is 5.91 Å². The molecule has 2 aliphatic rings. The molecule has 1 aromatic rings. The maximum absolute atomic E-state index is 13.4. The zero-order valence-corrected chi connectivity index (χ0v) is 20.3. The van der Waals surface area contributed by atoms with Crippen molar-refractivity contribution in [1.82, 2.24) is 10.2 Å². The third kappa shape index (κ3) is 7.44. The number of unbranched alkanes of at least 4 members (excludes halogenated alkanes) is 1. The van der Waals surface area contributed by atoms with Crippen molar-refractivity contribution in [3.8, 4) is 0 Å². The molecule has 1 aliphatic heterocycles. The zero-order chi connectivity index (χ0) is 23.6. The van der Waals surface area contributed by atoms with Gasteiger partial charge in [-0.1, -0.05) is 32.6 Å². The number of ether oxygens (including phenoxy) is 1. The van der Waals surface area contributed by atoms with Crippen LogP contribution in [0.1, 0.15) is 69.2 Å². The molecule has 0 aromatic heterocycles. The van der Waals surface area contributed by atoms with Crippen LogP contribution in [0.15, 0.2) is 24.3 Å². The molecule has 1 aromatic carbocycles. The van der Waals surface area contributed by atoms with Gasteiger partial charge < -0.3 is 25.0 Å². The van der Waals surface area contributed by atoms with Crippen molar-refractivity contribution in [2.24, 2.45) is 5.92 Å². The van der Waals surface area contributed by atoms with E-state index in [0.29, 0.717) is 19.0 Å². The molecule has 33 heavy (non-hydrogen) atoms. The van der Waals surface area contributed by atoms with Gasteiger partial charge >= 0.3 is 5.97 Å². The van der Waals surface area contributed by atoms with Crippen LogP contribution in [0, 0.1) is 5.92 Å². The molecule has 1 heterocycles. The summed E-state index contributed by atoms with van der Waals surface area (Å²) in [5.74, 6) is -0.162. The molecule has 7 nitrogen and oxygen atoms in total. The number of nitrogens with one attached hydrogen (secondary N) is 1.